The van der Waals surface area contributed by atoms with Crippen LogP contribution in [0.4, 0.5) is 4.39 Å². The summed E-state index contributed by atoms with van der Waals surface area (Å²) in [6.45, 7) is 6.43. The van der Waals surface area contributed by atoms with Crippen LogP contribution >= 0.6 is 0 Å². The number of benzene rings is 1. The second kappa shape index (κ2) is 9.61. The zero-order chi connectivity index (χ0) is 26.4. The summed E-state index contributed by atoms with van der Waals surface area (Å²) in [5.74, 6) is 1.11. The van der Waals surface area contributed by atoms with E-state index < -0.39 is 6.23 Å². The third-order valence-electron chi connectivity index (χ3n) is 7.99. The summed E-state index contributed by atoms with van der Waals surface area (Å²) in [5.41, 5.74) is 2.45. The number of halogens is 1. The Morgan fingerprint density at radius 3 is 2.68 bits per heavy atom. The summed E-state index contributed by atoms with van der Waals surface area (Å²) in [5, 5.41) is 24.4. The Hall–Kier alpha value is -3.17. The van der Waals surface area contributed by atoms with Crippen molar-refractivity contribution in [2.24, 2.45) is 10.4 Å². The van der Waals surface area contributed by atoms with Gasteiger partial charge in [-0.3, -0.25) is 4.99 Å². The van der Waals surface area contributed by atoms with Crippen molar-refractivity contribution in [3.63, 3.8) is 0 Å². The first kappa shape index (κ1) is 25.5. The molecule has 0 amide bonds. The molecule has 2 fully saturated rings. The van der Waals surface area contributed by atoms with Gasteiger partial charge in [-0.25, -0.2) is 9.37 Å². The minimum absolute atomic E-state index is 0.0168. The topological polar surface area (TPSA) is 95.1 Å². The Balaban J connectivity index is 1.36. The second-order valence-corrected chi connectivity index (χ2v) is 10.9. The Morgan fingerprint density at radius 1 is 1.27 bits per heavy atom. The molecule has 3 N–H and O–H groups in total. The maximum Gasteiger partial charge on any atom is 0.196 e. The number of aromatic nitrogens is 2. The fourth-order valence-electron chi connectivity index (χ4n) is 5.77. The molecule has 0 radical (unpaired) electrons. The third kappa shape index (κ3) is 4.78. The summed E-state index contributed by atoms with van der Waals surface area (Å²) in [6, 6.07) is 6.35. The molecule has 2 aliphatic carbocycles. The molecule has 1 aromatic heterocycles. The van der Waals surface area contributed by atoms with Gasteiger partial charge in [0.15, 0.2) is 5.96 Å². The Bertz CT molecular complexity index is 1240. The number of aliphatic hydroxyl groups is 2. The lowest BCUT2D eigenvalue weighted by Gasteiger charge is -2.34. The predicted octanol–water partition coefficient (Wildman–Crippen LogP) is 3.17. The van der Waals surface area contributed by atoms with E-state index in [4.69, 9.17) is 4.74 Å². The minimum atomic E-state index is -0.789. The lowest BCUT2D eigenvalue weighted by atomic mass is 9.77. The lowest BCUT2D eigenvalue weighted by molar-refractivity contribution is 0.0318. The molecule has 3 aliphatic rings. The molecule has 5 unspecified atom stereocenters. The maximum absolute atomic E-state index is 13.5. The molecule has 1 saturated heterocycles. The Labute approximate surface area is 217 Å². The van der Waals surface area contributed by atoms with Crippen LogP contribution in [0.5, 0.6) is 0 Å². The number of ether oxygens (including phenoxy) is 1. The van der Waals surface area contributed by atoms with Gasteiger partial charge in [0, 0.05) is 17.7 Å². The van der Waals surface area contributed by atoms with Gasteiger partial charge in [-0.15, -0.1) is 0 Å². The van der Waals surface area contributed by atoms with Gasteiger partial charge in [0.25, 0.3) is 0 Å². The molecule has 0 bridgehead atoms. The highest BCUT2D eigenvalue weighted by atomic mass is 19.1. The summed E-state index contributed by atoms with van der Waals surface area (Å²) in [7, 11) is 1.67. The fraction of sp³-hybridized carbons (Fsp3) is 0.500. The van der Waals surface area contributed by atoms with E-state index in [-0.39, 0.29) is 41.9 Å². The zero-order valence-electron chi connectivity index (χ0n) is 21.9. The van der Waals surface area contributed by atoms with Gasteiger partial charge >= 0.3 is 0 Å². The Morgan fingerprint density at radius 2 is 2.03 bits per heavy atom. The number of hydrogen-bond acceptors (Lipinski definition) is 5. The largest absolute Gasteiger partial charge is 0.495 e. The first-order valence-corrected chi connectivity index (χ1v) is 12.8. The van der Waals surface area contributed by atoms with Crippen LogP contribution in [0.15, 0.2) is 59.7 Å². The van der Waals surface area contributed by atoms with Gasteiger partial charge in [-0.05, 0) is 55.4 Å². The van der Waals surface area contributed by atoms with Gasteiger partial charge in [-0.1, -0.05) is 32.1 Å². The van der Waals surface area contributed by atoms with Gasteiger partial charge in [0.2, 0.25) is 0 Å². The number of hydrogen-bond donors (Lipinski definition) is 3. The van der Waals surface area contributed by atoms with Gasteiger partial charge < -0.3 is 29.7 Å². The SMILES string of the molecule is COC1=CC(C)(CC2NC(=NCCO)N(C3CC3(C)c3ccc(F)cc3)C2O)CC=C1n1cnc(C)c1. The van der Waals surface area contributed by atoms with Crippen molar-refractivity contribution in [3.05, 3.63) is 71.8 Å². The molecule has 0 spiro atoms. The molecule has 5 atom stereocenters. The van der Waals surface area contributed by atoms with Crippen LogP contribution in [0.2, 0.25) is 0 Å². The van der Waals surface area contributed by atoms with Crippen LogP contribution in [0.1, 0.15) is 44.4 Å². The molecule has 198 valence electrons. The van der Waals surface area contributed by atoms with Gasteiger partial charge in [-0.2, -0.15) is 0 Å². The fourth-order valence-corrected chi connectivity index (χ4v) is 5.77. The lowest BCUT2D eigenvalue weighted by Crippen LogP contribution is -2.42. The molecule has 8 nitrogen and oxygen atoms in total. The molecule has 1 aliphatic heterocycles. The van der Waals surface area contributed by atoms with Crippen molar-refractivity contribution in [1.29, 1.82) is 0 Å². The Kier molecular flexibility index (Phi) is 6.62. The summed E-state index contributed by atoms with van der Waals surface area (Å²) in [6.07, 6.45) is 9.52. The number of nitrogens with zero attached hydrogens (tertiary/aromatic N) is 4. The second-order valence-electron chi connectivity index (χ2n) is 10.9. The maximum atomic E-state index is 13.5. The first-order chi connectivity index (χ1) is 17.7. The minimum Gasteiger partial charge on any atom is -0.495 e. The van der Waals surface area contributed by atoms with E-state index >= 15 is 0 Å². The van der Waals surface area contributed by atoms with E-state index in [1.165, 1.54) is 12.1 Å². The normalized spacial score (nSPS) is 32.2. The summed E-state index contributed by atoms with van der Waals surface area (Å²) >= 11 is 0. The highest BCUT2D eigenvalue weighted by Crippen LogP contribution is 2.53. The number of methoxy groups -OCH3 is 1. The summed E-state index contributed by atoms with van der Waals surface area (Å²) in [4.78, 5) is 10.8. The molecular formula is C28H36FN5O3. The van der Waals surface area contributed by atoms with Crippen LogP contribution in [-0.4, -0.2) is 69.2 Å². The number of aryl methyl sites for hydroxylation is 1. The molecule has 37 heavy (non-hydrogen) atoms. The van der Waals surface area contributed by atoms with Crippen molar-refractivity contribution in [3.8, 4) is 0 Å². The van der Waals surface area contributed by atoms with E-state index in [1.54, 1.807) is 13.4 Å². The van der Waals surface area contributed by atoms with E-state index in [1.807, 2.05) is 34.7 Å². The molecule has 5 rings (SSSR count). The van der Waals surface area contributed by atoms with Crippen molar-refractivity contribution in [2.75, 3.05) is 20.3 Å². The van der Waals surface area contributed by atoms with E-state index in [0.717, 1.165) is 35.6 Å². The number of guanidine groups is 1. The standard InChI is InChI=1S/C28H36FN5O3/c1-18-16-33(17-31-18)22-9-10-27(2,14-23(22)37-4)13-21-25(36)34(26(32-21)30-11-12-35)24-15-28(24,3)19-5-7-20(29)8-6-19/h5-9,14,16-17,21,24-25,35-36H,10-13,15H2,1-4H3,(H,30,32). The number of nitrogens with one attached hydrogen (secondary N) is 1. The molecule has 2 heterocycles. The predicted molar refractivity (Wildman–Crippen MR) is 140 cm³/mol. The van der Waals surface area contributed by atoms with E-state index in [0.29, 0.717) is 12.4 Å². The van der Waals surface area contributed by atoms with Crippen molar-refractivity contribution in [2.45, 2.75) is 63.8 Å². The van der Waals surface area contributed by atoms with Gasteiger partial charge in [0.1, 0.15) is 17.8 Å². The number of imidazole rings is 1. The average Bonchev–Trinajstić information content (AvgIpc) is 3.20. The quantitative estimate of drug-likeness (QED) is 0.506. The van der Waals surface area contributed by atoms with Gasteiger partial charge in [0.05, 0.1) is 44.0 Å². The van der Waals surface area contributed by atoms with Crippen LogP contribution in [0.25, 0.3) is 5.70 Å². The molecular weight excluding hydrogens is 473 g/mol. The van der Waals surface area contributed by atoms with Crippen LogP contribution in [-0.2, 0) is 10.2 Å². The molecule has 2 aromatic rings. The highest BCUT2D eigenvalue weighted by molar-refractivity contribution is 5.84. The van der Waals surface area contributed by atoms with Crippen molar-refractivity contribution >= 4 is 11.7 Å². The van der Waals surface area contributed by atoms with Crippen LogP contribution in [0.3, 0.4) is 0 Å². The molecule has 1 saturated carbocycles. The van der Waals surface area contributed by atoms with Crippen molar-refractivity contribution < 1.29 is 19.3 Å². The first-order valence-electron chi connectivity index (χ1n) is 12.8. The third-order valence-corrected chi connectivity index (χ3v) is 7.99. The van der Waals surface area contributed by atoms with Crippen LogP contribution in [0, 0.1) is 18.2 Å². The molecule has 1 aromatic carbocycles. The summed E-state index contributed by atoms with van der Waals surface area (Å²) < 4.78 is 21.2. The highest BCUT2D eigenvalue weighted by Gasteiger charge is 2.59. The monoisotopic (exact) mass is 509 g/mol. The van der Waals surface area contributed by atoms with E-state index in [2.05, 4.69) is 41.3 Å². The number of allylic oxidation sites excluding steroid dienone is 3. The van der Waals surface area contributed by atoms with E-state index in [9.17, 15) is 14.6 Å². The number of rotatable bonds is 8. The molecule has 9 heteroatoms. The number of aliphatic hydroxyl groups excluding tert-OH is 2. The average molecular weight is 510 g/mol. The smallest absolute Gasteiger partial charge is 0.196 e. The van der Waals surface area contributed by atoms with Crippen molar-refractivity contribution in [1.82, 2.24) is 19.8 Å². The number of aliphatic imine (C=N–C) groups is 1. The zero-order valence-corrected chi connectivity index (χ0v) is 21.9. The van der Waals surface area contributed by atoms with Crippen LogP contribution < -0.4 is 5.32 Å².